The lowest BCUT2D eigenvalue weighted by molar-refractivity contribution is 0.0984. The van der Waals surface area contributed by atoms with Crippen molar-refractivity contribution < 1.29 is 9.59 Å². The molecule has 0 saturated carbocycles. The SMILES string of the molecule is CN(C)c1ccccc1C(=O)Nc1ccc(C(=O)N2Cc3ccccc3Nc3ccccc32)cn1. The summed E-state index contributed by atoms with van der Waals surface area (Å²) >= 11 is 0. The Kier molecular flexibility index (Phi) is 5.89. The number of amides is 2. The zero-order chi connectivity index (χ0) is 24.4. The average molecular weight is 464 g/mol. The third-order valence-electron chi connectivity index (χ3n) is 5.94. The first-order chi connectivity index (χ1) is 17.0. The van der Waals surface area contributed by atoms with Gasteiger partial charge in [0.1, 0.15) is 5.82 Å². The van der Waals surface area contributed by atoms with Crippen molar-refractivity contribution in [1.82, 2.24) is 4.98 Å². The van der Waals surface area contributed by atoms with Crippen molar-refractivity contribution in [3.63, 3.8) is 0 Å². The smallest absolute Gasteiger partial charge is 0.260 e. The van der Waals surface area contributed by atoms with Crippen molar-refractivity contribution in [2.45, 2.75) is 6.54 Å². The number of hydrogen-bond donors (Lipinski definition) is 2. The van der Waals surface area contributed by atoms with Crippen LogP contribution in [0.2, 0.25) is 0 Å². The number of nitrogens with zero attached hydrogens (tertiary/aromatic N) is 3. The highest BCUT2D eigenvalue weighted by Crippen LogP contribution is 2.36. The molecule has 1 aromatic heterocycles. The minimum Gasteiger partial charge on any atom is -0.377 e. The lowest BCUT2D eigenvalue weighted by Crippen LogP contribution is -2.30. The number of nitrogens with one attached hydrogen (secondary N) is 2. The van der Waals surface area contributed by atoms with Gasteiger partial charge in [0.05, 0.1) is 29.0 Å². The van der Waals surface area contributed by atoms with E-state index in [9.17, 15) is 9.59 Å². The highest BCUT2D eigenvalue weighted by molar-refractivity contribution is 6.09. The van der Waals surface area contributed by atoms with Crippen LogP contribution in [0.15, 0.2) is 91.1 Å². The van der Waals surface area contributed by atoms with Crippen LogP contribution in [0.5, 0.6) is 0 Å². The van der Waals surface area contributed by atoms with Gasteiger partial charge in [-0.3, -0.25) is 9.59 Å². The van der Waals surface area contributed by atoms with Gasteiger partial charge in [-0.1, -0.05) is 42.5 Å². The molecule has 3 aromatic carbocycles. The molecular formula is C28H25N5O2. The standard InChI is InChI=1S/C28H25N5O2/c1-32(2)24-13-7-4-10-21(24)27(34)31-26-16-15-19(17-29-26)28(35)33-18-20-9-3-5-11-22(20)30-23-12-6-8-14-25(23)33/h3-17,30H,18H2,1-2H3,(H,29,31,34). The predicted molar refractivity (Wildman–Crippen MR) is 140 cm³/mol. The first kappa shape index (κ1) is 22.2. The van der Waals surface area contributed by atoms with E-state index in [0.29, 0.717) is 23.5 Å². The average Bonchev–Trinajstić information content (AvgIpc) is 3.05. The molecule has 2 N–H and O–H groups in total. The van der Waals surface area contributed by atoms with Crippen LogP contribution in [-0.2, 0) is 6.54 Å². The van der Waals surface area contributed by atoms with Gasteiger partial charge in [-0.25, -0.2) is 4.98 Å². The third kappa shape index (κ3) is 4.44. The highest BCUT2D eigenvalue weighted by atomic mass is 16.2. The van der Waals surface area contributed by atoms with E-state index in [4.69, 9.17) is 0 Å². The van der Waals surface area contributed by atoms with Crippen molar-refractivity contribution >= 4 is 40.4 Å². The molecule has 0 atom stereocenters. The van der Waals surface area contributed by atoms with Gasteiger partial charge >= 0.3 is 0 Å². The highest BCUT2D eigenvalue weighted by Gasteiger charge is 2.25. The molecule has 35 heavy (non-hydrogen) atoms. The number of para-hydroxylation sites is 4. The van der Waals surface area contributed by atoms with Crippen molar-refractivity contribution in [2.24, 2.45) is 0 Å². The van der Waals surface area contributed by atoms with Crippen LogP contribution < -0.4 is 20.4 Å². The van der Waals surface area contributed by atoms with Gasteiger partial charge in [0, 0.05) is 31.7 Å². The van der Waals surface area contributed by atoms with Crippen molar-refractivity contribution in [3.8, 4) is 0 Å². The van der Waals surface area contributed by atoms with Gasteiger partial charge in [-0.05, 0) is 48.0 Å². The Bertz CT molecular complexity index is 1400. The second-order valence-electron chi connectivity index (χ2n) is 8.49. The minimum atomic E-state index is -0.259. The Balaban J connectivity index is 1.39. The van der Waals surface area contributed by atoms with Gasteiger partial charge in [0.2, 0.25) is 0 Å². The summed E-state index contributed by atoms with van der Waals surface area (Å²) in [6.45, 7) is 0.429. The molecule has 2 amide bonds. The molecule has 1 aliphatic heterocycles. The van der Waals surface area contributed by atoms with Crippen LogP contribution in [0.25, 0.3) is 0 Å². The molecule has 7 nitrogen and oxygen atoms in total. The summed E-state index contributed by atoms with van der Waals surface area (Å²) in [5.74, 6) is -0.0484. The molecular weight excluding hydrogens is 438 g/mol. The Morgan fingerprint density at radius 3 is 2.37 bits per heavy atom. The van der Waals surface area contributed by atoms with Crippen molar-refractivity contribution in [2.75, 3.05) is 34.5 Å². The van der Waals surface area contributed by atoms with Crippen LogP contribution in [0.1, 0.15) is 26.3 Å². The maximum Gasteiger partial charge on any atom is 0.260 e. The Labute approximate surface area is 204 Å². The molecule has 7 heteroatoms. The Morgan fingerprint density at radius 2 is 1.60 bits per heavy atom. The van der Waals surface area contributed by atoms with Gasteiger partial charge in [0.15, 0.2) is 0 Å². The maximum absolute atomic E-state index is 13.6. The zero-order valence-electron chi connectivity index (χ0n) is 19.5. The molecule has 4 aromatic rings. The fourth-order valence-electron chi connectivity index (χ4n) is 4.17. The van der Waals surface area contributed by atoms with Crippen LogP contribution in [-0.4, -0.2) is 30.9 Å². The molecule has 0 radical (unpaired) electrons. The molecule has 0 spiro atoms. The molecule has 0 fully saturated rings. The Morgan fingerprint density at radius 1 is 0.886 bits per heavy atom. The molecule has 174 valence electrons. The summed E-state index contributed by atoms with van der Waals surface area (Å²) in [6.07, 6.45) is 1.50. The summed E-state index contributed by atoms with van der Waals surface area (Å²) in [6, 6.07) is 26.4. The number of fused-ring (bicyclic) bond motifs is 2. The summed E-state index contributed by atoms with van der Waals surface area (Å²) in [5.41, 5.74) is 5.45. The minimum absolute atomic E-state index is 0.167. The van der Waals surface area contributed by atoms with Crippen LogP contribution in [0.3, 0.4) is 0 Å². The normalized spacial score (nSPS) is 12.0. The van der Waals surface area contributed by atoms with E-state index in [-0.39, 0.29) is 11.8 Å². The number of hydrogen-bond acceptors (Lipinski definition) is 5. The number of rotatable bonds is 4. The molecule has 2 heterocycles. The molecule has 0 aliphatic carbocycles. The molecule has 0 bridgehead atoms. The number of benzene rings is 3. The van der Waals surface area contributed by atoms with Gasteiger partial charge in [0.25, 0.3) is 11.8 Å². The molecule has 0 saturated heterocycles. The van der Waals surface area contributed by atoms with Crippen LogP contribution >= 0.6 is 0 Å². The number of anilines is 5. The van der Waals surface area contributed by atoms with Gasteiger partial charge in [-0.15, -0.1) is 0 Å². The number of carbonyl (C=O) groups is 2. The van der Waals surface area contributed by atoms with E-state index >= 15 is 0 Å². The first-order valence-electron chi connectivity index (χ1n) is 11.3. The number of carbonyl (C=O) groups excluding carboxylic acids is 2. The van der Waals surface area contributed by atoms with E-state index in [2.05, 4.69) is 15.6 Å². The molecule has 0 unspecified atom stereocenters. The van der Waals surface area contributed by atoms with Gasteiger partial charge in [-0.2, -0.15) is 0 Å². The van der Waals surface area contributed by atoms with Crippen molar-refractivity contribution in [3.05, 3.63) is 108 Å². The van der Waals surface area contributed by atoms with Crippen molar-refractivity contribution in [1.29, 1.82) is 0 Å². The van der Waals surface area contributed by atoms with Crippen LogP contribution in [0, 0.1) is 0 Å². The van der Waals surface area contributed by atoms with E-state index in [1.165, 1.54) is 6.20 Å². The maximum atomic E-state index is 13.6. The summed E-state index contributed by atoms with van der Waals surface area (Å²) in [4.78, 5) is 34.4. The zero-order valence-corrected chi connectivity index (χ0v) is 19.5. The fourth-order valence-corrected chi connectivity index (χ4v) is 4.17. The molecule has 5 rings (SSSR count). The topological polar surface area (TPSA) is 77.6 Å². The second-order valence-corrected chi connectivity index (χ2v) is 8.49. The second kappa shape index (κ2) is 9.30. The lowest BCUT2D eigenvalue weighted by atomic mass is 10.1. The molecule has 1 aliphatic rings. The third-order valence-corrected chi connectivity index (χ3v) is 5.94. The van der Waals surface area contributed by atoms with E-state index < -0.39 is 0 Å². The van der Waals surface area contributed by atoms with Gasteiger partial charge < -0.3 is 20.4 Å². The number of aromatic nitrogens is 1. The fraction of sp³-hybridized carbons (Fsp3) is 0.107. The first-order valence-corrected chi connectivity index (χ1v) is 11.3. The van der Waals surface area contributed by atoms with E-state index in [1.807, 2.05) is 85.7 Å². The lowest BCUT2D eigenvalue weighted by Gasteiger charge is -2.23. The predicted octanol–water partition coefficient (Wildman–Crippen LogP) is 5.30. The summed E-state index contributed by atoms with van der Waals surface area (Å²) in [5, 5.41) is 6.26. The number of pyridine rings is 1. The quantitative estimate of drug-likeness (QED) is 0.429. The van der Waals surface area contributed by atoms with E-state index in [0.717, 1.165) is 28.3 Å². The Hall–Kier alpha value is -4.65. The van der Waals surface area contributed by atoms with Crippen LogP contribution in [0.4, 0.5) is 28.6 Å². The monoisotopic (exact) mass is 463 g/mol. The largest absolute Gasteiger partial charge is 0.377 e. The summed E-state index contributed by atoms with van der Waals surface area (Å²) in [7, 11) is 3.78. The van der Waals surface area contributed by atoms with E-state index in [1.54, 1.807) is 23.1 Å². The summed E-state index contributed by atoms with van der Waals surface area (Å²) < 4.78 is 0.